The molecule has 2 aromatic rings. The zero-order valence-electron chi connectivity index (χ0n) is 24.1. The third kappa shape index (κ3) is 6.46. The summed E-state index contributed by atoms with van der Waals surface area (Å²) in [7, 11) is -8.78. The molecule has 0 bridgehead atoms. The smallest absolute Gasteiger partial charge is 0.464 e. The molecule has 226 valence electrons. The van der Waals surface area contributed by atoms with Crippen molar-refractivity contribution in [1.82, 2.24) is 4.90 Å². The minimum atomic E-state index is -6.13. The van der Waals surface area contributed by atoms with Crippen LogP contribution in [0, 0.1) is 13.8 Å². The Morgan fingerprint density at radius 3 is 2.12 bits per heavy atom. The molecule has 2 aromatic carbocycles. The highest BCUT2D eigenvalue weighted by molar-refractivity contribution is 7.88. The molecule has 0 fully saturated rings. The second-order valence-corrected chi connectivity index (χ2v) is 16.2. The van der Waals surface area contributed by atoms with Gasteiger partial charge in [-0.25, -0.2) is 4.79 Å². The van der Waals surface area contributed by atoms with E-state index < -0.39 is 47.7 Å². The number of rotatable bonds is 12. The number of alkyl halides is 3. The number of nitrogens with zero attached hydrogens (tertiary/aromatic N) is 1. The van der Waals surface area contributed by atoms with Crippen LogP contribution in [0.2, 0.25) is 18.1 Å². The number of ether oxygens (including phenoxy) is 1. The average molecular weight is 616 g/mol. The highest BCUT2D eigenvalue weighted by Crippen LogP contribution is 2.45. The number of carbonyl (C=O) groups is 2. The Labute approximate surface area is 240 Å². The van der Waals surface area contributed by atoms with Crippen molar-refractivity contribution in [1.29, 1.82) is 0 Å². The number of fused-ring (bicyclic) bond motifs is 1. The van der Waals surface area contributed by atoms with Crippen LogP contribution in [0.3, 0.4) is 0 Å². The summed E-state index contributed by atoms with van der Waals surface area (Å²) >= 11 is 0. The van der Waals surface area contributed by atoms with Crippen LogP contribution in [0.1, 0.15) is 72.0 Å². The molecule has 0 saturated carbocycles. The minimum absolute atomic E-state index is 0.00648. The molecular weight excluding hydrogens is 579 g/mol. The van der Waals surface area contributed by atoms with Gasteiger partial charge in [-0.05, 0) is 61.2 Å². The van der Waals surface area contributed by atoms with Gasteiger partial charge in [0, 0.05) is 24.2 Å². The van der Waals surface area contributed by atoms with Crippen molar-refractivity contribution < 1.29 is 44.5 Å². The maximum absolute atomic E-state index is 13.7. The van der Waals surface area contributed by atoms with E-state index in [1.54, 1.807) is 6.92 Å². The first-order valence-electron chi connectivity index (χ1n) is 13.5. The standard InChI is InChI=1S/C28H36F3NO7SSi/c1-7-37-27(34)25(39-41(8-2,9-3)10-4)23-19(6)22-21(18(5)24(23)38-40(35,36)28(29,30)31)17-32(26(22)33)16-20-14-12-11-13-15-20/h11-15,25H,7-10,16-17H2,1-6H3. The zero-order chi connectivity index (χ0) is 30.8. The Bertz CT molecular complexity index is 1390. The predicted molar refractivity (Wildman–Crippen MR) is 149 cm³/mol. The number of halogens is 3. The molecule has 41 heavy (non-hydrogen) atoms. The topological polar surface area (TPSA) is 99.2 Å². The van der Waals surface area contributed by atoms with Gasteiger partial charge >= 0.3 is 21.6 Å². The van der Waals surface area contributed by atoms with E-state index in [9.17, 15) is 31.2 Å². The lowest BCUT2D eigenvalue weighted by Crippen LogP contribution is -2.40. The fraction of sp³-hybridized carbons (Fsp3) is 0.500. The van der Waals surface area contributed by atoms with Crippen molar-refractivity contribution >= 4 is 30.3 Å². The van der Waals surface area contributed by atoms with E-state index in [2.05, 4.69) is 0 Å². The summed E-state index contributed by atoms with van der Waals surface area (Å²) in [4.78, 5) is 28.6. The molecule has 0 aromatic heterocycles. The van der Waals surface area contributed by atoms with Crippen LogP contribution in [0.5, 0.6) is 5.75 Å². The van der Waals surface area contributed by atoms with Gasteiger partial charge in [-0.3, -0.25) is 4.79 Å². The van der Waals surface area contributed by atoms with Crippen molar-refractivity contribution in [2.45, 2.75) is 84.4 Å². The fourth-order valence-electron chi connectivity index (χ4n) is 5.17. The Hall–Kier alpha value is -2.90. The Morgan fingerprint density at radius 1 is 1.02 bits per heavy atom. The maximum atomic E-state index is 13.7. The first kappa shape index (κ1) is 32.6. The molecule has 1 atom stereocenters. The third-order valence-electron chi connectivity index (χ3n) is 7.73. The molecule has 1 aliphatic rings. The Kier molecular flexibility index (Phi) is 9.97. The molecule has 1 aliphatic heterocycles. The Balaban J connectivity index is 2.31. The van der Waals surface area contributed by atoms with Crippen molar-refractivity contribution in [3.63, 3.8) is 0 Å². The van der Waals surface area contributed by atoms with E-state index in [0.717, 1.165) is 5.56 Å². The van der Waals surface area contributed by atoms with Crippen molar-refractivity contribution in [3.05, 3.63) is 63.7 Å². The molecule has 13 heteroatoms. The second kappa shape index (κ2) is 12.5. The summed E-state index contributed by atoms with van der Waals surface area (Å²) in [5.74, 6) is -1.97. The van der Waals surface area contributed by atoms with Crippen LogP contribution >= 0.6 is 0 Å². The summed E-state index contributed by atoms with van der Waals surface area (Å²) in [5, 5.41) is 0. The van der Waals surface area contributed by atoms with E-state index in [1.807, 2.05) is 51.1 Å². The largest absolute Gasteiger partial charge is 0.534 e. The summed E-state index contributed by atoms with van der Waals surface area (Å²) in [6.45, 7) is 10.3. The molecule has 8 nitrogen and oxygen atoms in total. The van der Waals surface area contributed by atoms with Crippen molar-refractivity contribution in [3.8, 4) is 5.75 Å². The van der Waals surface area contributed by atoms with Crippen LogP contribution < -0.4 is 4.18 Å². The van der Waals surface area contributed by atoms with E-state index >= 15 is 0 Å². The summed E-state index contributed by atoms with van der Waals surface area (Å²) in [5.41, 5.74) is -4.51. The SMILES string of the molecule is CCOC(=O)C(O[Si](CC)(CC)CC)c1c(C)c2c(c(C)c1OS(=O)(=O)C(F)(F)F)CN(Cc1ccccc1)C2=O. The summed E-state index contributed by atoms with van der Waals surface area (Å²) in [6.07, 6.45) is -1.60. The van der Waals surface area contributed by atoms with Crippen LogP contribution in [0.15, 0.2) is 30.3 Å². The minimum Gasteiger partial charge on any atom is -0.464 e. The van der Waals surface area contributed by atoms with Crippen molar-refractivity contribution in [2.75, 3.05) is 6.61 Å². The molecule has 0 saturated heterocycles. The van der Waals surface area contributed by atoms with Gasteiger partial charge in [-0.2, -0.15) is 21.6 Å². The first-order valence-corrected chi connectivity index (χ1v) is 17.4. The fourth-order valence-corrected chi connectivity index (χ4v) is 8.41. The van der Waals surface area contributed by atoms with Gasteiger partial charge in [0.1, 0.15) is 0 Å². The molecule has 0 aliphatic carbocycles. The van der Waals surface area contributed by atoms with Gasteiger partial charge in [-0.15, -0.1) is 0 Å². The highest BCUT2D eigenvalue weighted by atomic mass is 32.2. The molecule has 1 heterocycles. The van der Waals surface area contributed by atoms with Gasteiger partial charge in [0.2, 0.25) is 0 Å². The van der Waals surface area contributed by atoms with Crippen LogP contribution in [0.4, 0.5) is 13.2 Å². The van der Waals surface area contributed by atoms with Gasteiger partial charge in [0.15, 0.2) is 20.2 Å². The molecule has 1 unspecified atom stereocenters. The molecule has 0 radical (unpaired) electrons. The lowest BCUT2D eigenvalue weighted by Gasteiger charge is -2.34. The average Bonchev–Trinajstić information content (AvgIpc) is 3.25. The molecular formula is C28H36F3NO7SSi. The molecule has 0 N–H and O–H groups in total. The monoisotopic (exact) mass is 615 g/mol. The highest BCUT2D eigenvalue weighted by Gasteiger charge is 2.50. The van der Waals surface area contributed by atoms with Crippen molar-refractivity contribution in [2.24, 2.45) is 0 Å². The quantitative estimate of drug-likeness (QED) is 0.119. The number of esters is 1. The van der Waals surface area contributed by atoms with E-state index in [4.69, 9.17) is 13.3 Å². The number of carbonyl (C=O) groups excluding carboxylic acids is 2. The molecule has 1 amide bonds. The van der Waals surface area contributed by atoms with Gasteiger partial charge in [0.25, 0.3) is 5.91 Å². The molecule has 0 spiro atoms. The zero-order valence-corrected chi connectivity index (χ0v) is 25.9. The summed E-state index contributed by atoms with van der Waals surface area (Å²) in [6, 6.07) is 10.9. The number of benzene rings is 2. The Morgan fingerprint density at radius 2 is 1.61 bits per heavy atom. The van der Waals surface area contributed by atoms with E-state index in [0.29, 0.717) is 23.7 Å². The van der Waals surface area contributed by atoms with Crippen LogP contribution in [-0.2, 0) is 37.2 Å². The van der Waals surface area contributed by atoms with Gasteiger partial charge in [0.05, 0.1) is 6.61 Å². The lowest BCUT2D eigenvalue weighted by atomic mass is 9.90. The maximum Gasteiger partial charge on any atom is 0.534 e. The number of hydrogen-bond acceptors (Lipinski definition) is 7. The van der Waals surface area contributed by atoms with Crippen LogP contribution in [0.25, 0.3) is 0 Å². The van der Waals surface area contributed by atoms with E-state index in [1.165, 1.54) is 18.7 Å². The first-order chi connectivity index (χ1) is 19.2. The second-order valence-electron chi connectivity index (χ2n) is 9.97. The van der Waals surface area contributed by atoms with E-state index in [-0.39, 0.29) is 42.0 Å². The number of hydrogen-bond donors (Lipinski definition) is 0. The summed E-state index contributed by atoms with van der Waals surface area (Å²) < 4.78 is 81.8. The number of amides is 1. The third-order valence-corrected chi connectivity index (χ3v) is 13.3. The predicted octanol–water partition coefficient (Wildman–Crippen LogP) is 6.31. The van der Waals surface area contributed by atoms with Gasteiger partial charge in [-0.1, -0.05) is 51.1 Å². The van der Waals surface area contributed by atoms with Crippen LogP contribution in [-0.4, -0.2) is 45.6 Å². The normalized spacial score (nSPS) is 14.7. The molecule has 3 rings (SSSR count). The van der Waals surface area contributed by atoms with Gasteiger partial charge < -0.3 is 18.2 Å². The lowest BCUT2D eigenvalue weighted by molar-refractivity contribution is -0.152.